The molecule has 2 aromatic rings. The van der Waals surface area contributed by atoms with Gasteiger partial charge in [-0.15, -0.1) is 11.3 Å². The van der Waals surface area contributed by atoms with E-state index in [0.29, 0.717) is 0 Å². The first-order valence-corrected chi connectivity index (χ1v) is 8.12. The average molecular weight is 338 g/mol. The van der Waals surface area contributed by atoms with Gasteiger partial charge in [-0.05, 0) is 46.2 Å². The van der Waals surface area contributed by atoms with E-state index in [1.807, 2.05) is 6.07 Å². The molecule has 19 heavy (non-hydrogen) atoms. The molecule has 0 amide bonds. The van der Waals surface area contributed by atoms with Gasteiger partial charge in [0.25, 0.3) is 0 Å². The van der Waals surface area contributed by atoms with Crippen LogP contribution in [0.1, 0.15) is 23.4 Å². The van der Waals surface area contributed by atoms with Crippen LogP contribution in [0, 0.1) is 0 Å². The van der Waals surface area contributed by atoms with Crippen LogP contribution in [0.3, 0.4) is 0 Å². The summed E-state index contributed by atoms with van der Waals surface area (Å²) in [6.45, 7) is 3.08. The van der Waals surface area contributed by atoms with Crippen molar-refractivity contribution in [2.75, 3.05) is 6.54 Å². The standard InChI is InChI=1S/C15H16BrNOS/c1-2-17-15(13-7-8-14(16)19-13)12-9-10-5-3-4-6-11(10)18-12/h3-8,12,15,17H,2,9H2,1H3. The Hall–Kier alpha value is -0.840. The Balaban J connectivity index is 1.83. The number of hydrogen-bond acceptors (Lipinski definition) is 3. The highest BCUT2D eigenvalue weighted by Gasteiger charge is 2.31. The molecule has 1 aliphatic heterocycles. The molecule has 100 valence electrons. The number of halogens is 1. The Labute approximate surface area is 125 Å². The zero-order valence-corrected chi connectivity index (χ0v) is 13.1. The summed E-state index contributed by atoms with van der Waals surface area (Å²) in [5.41, 5.74) is 1.31. The van der Waals surface area contributed by atoms with Crippen molar-refractivity contribution in [2.24, 2.45) is 0 Å². The zero-order chi connectivity index (χ0) is 13.2. The van der Waals surface area contributed by atoms with Gasteiger partial charge in [0.05, 0.1) is 9.83 Å². The summed E-state index contributed by atoms with van der Waals surface area (Å²) in [7, 11) is 0. The Morgan fingerprint density at radius 3 is 2.89 bits per heavy atom. The number of rotatable bonds is 4. The predicted octanol–water partition coefficient (Wildman–Crippen LogP) is 4.16. The second kappa shape index (κ2) is 5.65. The molecule has 0 aliphatic carbocycles. The van der Waals surface area contributed by atoms with Crippen molar-refractivity contribution in [2.45, 2.75) is 25.5 Å². The second-order valence-electron chi connectivity index (χ2n) is 4.65. The number of fused-ring (bicyclic) bond motifs is 1. The summed E-state index contributed by atoms with van der Waals surface area (Å²) in [5.74, 6) is 1.03. The predicted molar refractivity (Wildman–Crippen MR) is 83.0 cm³/mol. The molecule has 0 spiro atoms. The van der Waals surface area contributed by atoms with Crippen LogP contribution in [0.15, 0.2) is 40.2 Å². The van der Waals surface area contributed by atoms with Gasteiger partial charge in [0.2, 0.25) is 0 Å². The molecule has 0 fully saturated rings. The van der Waals surface area contributed by atoms with Gasteiger partial charge < -0.3 is 10.1 Å². The summed E-state index contributed by atoms with van der Waals surface area (Å²) < 4.78 is 7.28. The lowest BCUT2D eigenvalue weighted by Gasteiger charge is -2.23. The van der Waals surface area contributed by atoms with Crippen LogP contribution in [0.5, 0.6) is 5.75 Å². The van der Waals surface area contributed by atoms with Gasteiger partial charge in [-0.3, -0.25) is 0 Å². The number of ether oxygens (including phenoxy) is 1. The number of likely N-dealkylation sites (N-methyl/N-ethyl adjacent to an activating group) is 1. The van der Waals surface area contributed by atoms with E-state index in [0.717, 1.165) is 18.7 Å². The number of nitrogens with one attached hydrogen (secondary N) is 1. The van der Waals surface area contributed by atoms with Crippen LogP contribution in [0.2, 0.25) is 0 Å². The molecule has 2 nitrogen and oxygen atoms in total. The minimum atomic E-state index is 0.183. The number of thiophene rings is 1. The van der Waals surface area contributed by atoms with Crippen LogP contribution in [0.4, 0.5) is 0 Å². The molecule has 4 heteroatoms. The molecule has 0 saturated carbocycles. The van der Waals surface area contributed by atoms with Gasteiger partial charge in [0, 0.05) is 11.3 Å². The molecule has 1 aromatic heterocycles. The van der Waals surface area contributed by atoms with E-state index in [9.17, 15) is 0 Å². The Kier molecular flexibility index (Phi) is 3.91. The van der Waals surface area contributed by atoms with Gasteiger partial charge >= 0.3 is 0 Å². The van der Waals surface area contributed by atoms with Crippen LogP contribution in [-0.2, 0) is 6.42 Å². The van der Waals surface area contributed by atoms with Gasteiger partial charge in [-0.25, -0.2) is 0 Å². The van der Waals surface area contributed by atoms with Gasteiger partial charge in [-0.2, -0.15) is 0 Å². The third-order valence-corrected chi connectivity index (χ3v) is 5.08. The quantitative estimate of drug-likeness (QED) is 0.904. The molecule has 1 N–H and O–H groups in total. The first kappa shape index (κ1) is 13.2. The van der Waals surface area contributed by atoms with Gasteiger partial charge in [0.15, 0.2) is 0 Å². The Morgan fingerprint density at radius 1 is 1.37 bits per heavy atom. The smallest absolute Gasteiger partial charge is 0.123 e. The SMILES string of the molecule is CCNC(c1ccc(Br)s1)C1Cc2ccccc2O1. The molecule has 1 aromatic carbocycles. The minimum Gasteiger partial charge on any atom is -0.488 e. The maximum atomic E-state index is 6.11. The molecule has 1 aliphatic rings. The summed E-state index contributed by atoms with van der Waals surface area (Å²) in [4.78, 5) is 1.33. The fourth-order valence-corrected chi connectivity index (χ4v) is 4.08. The molecular formula is C15H16BrNOS. The summed E-state index contributed by atoms with van der Waals surface area (Å²) in [5, 5.41) is 3.55. The van der Waals surface area contributed by atoms with Gasteiger partial charge in [0.1, 0.15) is 11.9 Å². The summed E-state index contributed by atoms with van der Waals surface area (Å²) in [6.07, 6.45) is 1.16. The van der Waals surface area contributed by atoms with Crippen LogP contribution < -0.4 is 10.1 Å². The number of benzene rings is 1. The first-order valence-electron chi connectivity index (χ1n) is 6.51. The molecule has 0 radical (unpaired) electrons. The second-order valence-corrected chi connectivity index (χ2v) is 7.14. The third-order valence-electron chi connectivity index (χ3n) is 3.37. The molecular weight excluding hydrogens is 322 g/mol. The summed E-state index contributed by atoms with van der Waals surface area (Å²) in [6, 6.07) is 12.9. The summed E-state index contributed by atoms with van der Waals surface area (Å²) >= 11 is 5.31. The van der Waals surface area contributed by atoms with E-state index in [1.54, 1.807) is 11.3 Å². The molecule has 2 unspecified atom stereocenters. The maximum Gasteiger partial charge on any atom is 0.123 e. The molecule has 0 saturated heterocycles. The van der Waals surface area contributed by atoms with E-state index in [2.05, 4.69) is 58.5 Å². The fraction of sp³-hybridized carbons (Fsp3) is 0.333. The number of para-hydroxylation sites is 1. The zero-order valence-electron chi connectivity index (χ0n) is 10.7. The monoisotopic (exact) mass is 337 g/mol. The third kappa shape index (κ3) is 2.71. The van der Waals surface area contributed by atoms with E-state index in [4.69, 9.17) is 4.74 Å². The van der Waals surface area contributed by atoms with Crippen molar-refractivity contribution in [3.63, 3.8) is 0 Å². The largest absolute Gasteiger partial charge is 0.488 e. The van der Waals surface area contributed by atoms with Crippen LogP contribution in [-0.4, -0.2) is 12.6 Å². The fourth-order valence-electron chi connectivity index (χ4n) is 2.53. The normalized spacial score (nSPS) is 18.9. The molecule has 2 atom stereocenters. The van der Waals surface area contributed by atoms with Crippen molar-refractivity contribution in [3.8, 4) is 5.75 Å². The van der Waals surface area contributed by atoms with Crippen LogP contribution >= 0.6 is 27.3 Å². The molecule has 2 heterocycles. The Morgan fingerprint density at radius 2 is 2.21 bits per heavy atom. The topological polar surface area (TPSA) is 21.3 Å². The average Bonchev–Trinajstić information content (AvgIpc) is 3.01. The van der Waals surface area contributed by atoms with Crippen molar-refractivity contribution in [1.82, 2.24) is 5.32 Å². The highest BCUT2D eigenvalue weighted by Crippen LogP contribution is 2.37. The molecule has 0 bridgehead atoms. The number of hydrogen-bond donors (Lipinski definition) is 1. The van der Waals surface area contributed by atoms with Crippen molar-refractivity contribution in [3.05, 3.63) is 50.6 Å². The maximum absolute atomic E-state index is 6.11. The van der Waals surface area contributed by atoms with Crippen molar-refractivity contribution < 1.29 is 4.74 Å². The van der Waals surface area contributed by atoms with E-state index >= 15 is 0 Å². The van der Waals surface area contributed by atoms with Crippen molar-refractivity contribution >= 4 is 27.3 Å². The Bertz CT molecular complexity index is 544. The van der Waals surface area contributed by atoms with E-state index in [1.165, 1.54) is 14.2 Å². The minimum absolute atomic E-state index is 0.183. The van der Waals surface area contributed by atoms with Crippen molar-refractivity contribution in [1.29, 1.82) is 0 Å². The van der Waals surface area contributed by atoms with E-state index < -0.39 is 0 Å². The highest BCUT2D eigenvalue weighted by atomic mass is 79.9. The van der Waals surface area contributed by atoms with Crippen LogP contribution in [0.25, 0.3) is 0 Å². The lowest BCUT2D eigenvalue weighted by atomic mass is 10.0. The van der Waals surface area contributed by atoms with Gasteiger partial charge in [-0.1, -0.05) is 25.1 Å². The highest BCUT2D eigenvalue weighted by molar-refractivity contribution is 9.11. The molecule has 3 rings (SSSR count). The van der Waals surface area contributed by atoms with E-state index in [-0.39, 0.29) is 12.1 Å². The lowest BCUT2D eigenvalue weighted by Crippen LogP contribution is -2.34. The first-order chi connectivity index (χ1) is 9.28. The lowest BCUT2D eigenvalue weighted by molar-refractivity contribution is 0.181.